The van der Waals surface area contributed by atoms with Crippen molar-refractivity contribution in [1.82, 2.24) is 0 Å². The molecule has 5 nitrogen and oxygen atoms in total. The van der Waals surface area contributed by atoms with Gasteiger partial charge >= 0.3 is 5.88 Å². The maximum atomic E-state index is 11.0. The van der Waals surface area contributed by atoms with E-state index >= 15 is 0 Å². The van der Waals surface area contributed by atoms with E-state index in [2.05, 4.69) is 0 Å². The van der Waals surface area contributed by atoms with Crippen LogP contribution in [0, 0.1) is 10.1 Å². The van der Waals surface area contributed by atoms with Crippen LogP contribution in [-0.2, 0) is 6.42 Å². The van der Waals surface area contributed by atoms with E-state index in [1.807, 2.05) is 30.3 Å². The first-order valence-electron chi connectivity index (χ1n) is 5.90. The summed E-state index contributed by atoms with van der Waals surface area (Å²) in [5.41, 5.74) is 0.938. The number of nitro groups is 1. The Kier molecular flexibility index (Phi) is 2.68. The maximum Gasteiger partial charge on any atom is 0.437 e. The Labute approximate surface area is 108 Å². The quantitative estimate of drug-likeness (QED) is 0.578. The summed E-state index contributed by atoms with van der Waals surface area (Å²) >= 11 is 0. The highest BCUT2D eigenvalue weighted by Gasteiger charge is 2.24. The molecule has 0 bridgehead atoms. The van der Waals surface area contributed by atoms with E-state index in [4.69, 9.17) is 9.52 Å². The molecule has 0 radical (unpaired) electrons. The number of fused-ring (bicyclic) bond motifs is 3. The molecule has 0 aliphatic carbocycles. The lowest BCUT2D eigenvalue weighted by Gasteiger charge is -2.00. The number of aliphatic hydroxyl groups excluding tert-OH is 1. The molecule has 0 atom stereocenters. The molecule has 0 aliphatic rings. The first-order valence-corrected chi connectivity index (χ1v) is 5.90. The molecule has 5 heteroatoms. The lowest BCUT2D eigenvalue weighted by atomic mass is 10.0. The largest absolute Gasteiger partial charge is 0.437 e. The Balaban J connectivity index is 2.46. The molecule has 1 N–H and O–H groups in total. The first kappa shape index (κ1) is 11.7. The van der Waals surface area contributed by atoms with Crippen molar-refractivity contribution in [2.24, 2.45) is 0 Å². The highest BCUT2D eigenvalue weighted by atomic mass is 16.6. The SMILES string of the molecule is O=[N+]([O-])c1oc2ccc3ccccc3c2c1CCO. The molecule has 0 aliphatic heterocycles. The Morgan fingerprint density at radius 1 is 1.21 bits per heavy atom. The fourth-order valence-corrected chi connectivity index (χ4v) is 2.41. The lowest BCUT2D eigenvalue weighted by Crippen LogP contribution is -1.95. The van der Waals surface area contributed by atoms with Gasteiger partial charge in [-0.2, -0.15) is 0 Å². The van der Waals surface area contributed by atoms with Crippen molar-refractivity contribution in [2.75, 3.05) is 6.61 Å². The molecule has 1 aromatic heterocycles. The van der Waals surface area contributed by atoms with Crippen molar-refractivity contribution < 1.29 is 14.4 Å². The fraction of sp³-hybridized carbons (Fsp3) is 0.143. The van der Waals surface area contributed by atoms with Crippen LogP contribution in [0.25, 0.3) is 21.7 Å². The van der Waals surface area contributed by atoms with E-state index in [1.54, 1.807) is 6.07 Å². The van der Waals surface area contributed by atoms with Gasteiger partial charge in [-0.05, 0) is 16.8 Å². The summed E-state index contributed by atoms with van der Waals surface area (Å²) in [6.07, 6.45) is 0.206. The topological polar surface area (TPSA) is 76.5 Å². The first-order chi connectivity index (χ1) is 9.22. The minimum Gasteiger partial charge on any atom is -0.400 e. The number of benzene rings is 2. The van der Waals surface area contributed by atoms with E-state index in [9.17, 15) is 10.1 Å². The van der Waals surface area contributed by atoms with Gasteiger partial charge in [0.1, 0.15) is 10.5 Å². The van der Waals surface area contributed by atoms with Gasteiger partial charge in [-0.25, -0.2) is 0 Å². The second-order valence-corrected chi connectivity index (χ2v) is 4.28. The van der Waals surface area contributed by atoms with Crippen molar-refractivity contribution in [3.8, 4) is 0 Å². The highest BCUT2D eigenvalue weighted by Crippen LogP contribution is 2.36. The smallest absolute Gasteiger partial charge is 0.400 e. The monoisotopic (exact) mass is 257 g/mol. The third-order valence-electron chi connectivity index (χ3n) is 3.18. The molecule has 2 aromatic carbocycles. The number of aliphatic hydroxyl groups is 1. The van der Waals surface area contributed by atoms with Gasteiger partial charge in [0.05, 0.1) is 5.56 Å². The molecular formula is C14H11NO4. The Morgan fingerprint density at radius 2 is 2.00 bits per heavy atom. The molecule has 96 valence electrons. The molecule has 0 saturated carbocycles. The van der Waals surface area contributed by atoms with Crippen LogP contribution in [0.4, 0.5) is 5.88 Å². The van der Waals surface area contributed by atoms with E-state index < -0.39 is 4.92 Å². The van der Waals surface area contributed by atoms with Crippen molar-refractivity contribution in [2.45, 2.75) is 6.42 Å². The van der Waals surface area contributed by atoms with Crippen molar-refractivity contribution in [3.05, 3.63) is 52.1 Å². The fourth-order valence-electron chi connectivity index (χ4n) is 2.41. The van der Waals surface area contributed by atoms with Crippen LogP contribution in [0.15, 0.2) is 40.8 Å². The van der Waals surface area contributed by atoms with Crippen LogP contribution in [0.1, 0.15) is 5.56 Å². The highest BCUT2D eigenvalue weighted by molar-refractivity contribution is 6.08. The Morgan fingerprint density at radius 3 is 2.74 bits per heavy atom. The number of rotatable bonds is 3. The molecule has 0 amide bonds. The van der Waals surface area contributed by atoms with Crippen LogP contribution in [0.2, 0.25) is 0 Å². The molecule has 3 rings (SSSR count). The predicted octanol–water partition coefficient (Wildman–Crippen LogP) is 3.03. The van der Waals surface area contributed by atoms with Gasteiger partial charge in [0.2, 0.25) is 0 Å². The molecule has 0 saturated heterocycles. The second kappa shape index (κ2) is 4.37. The zero-order valence-electron chi connectivity index (χ0n) is 10.00. The van der Waals surface area contributed by atoms with Gasteiger partial charge in [-0.15, -0.1) is 0 Å². The molecule has 0 unspecified atom stereocenters. The number of hydrogen-bond acceptors (Lipinski definition) is 4. The van der Waals surface area contributed by atoms with Crippen molar-refractivity contribution in [1.29, 1.82) is 0 Å². The van der Waals surface area contributed by atoms with E-state index in [1.165, 1.54) is 0 Å². The molecule has 3 aromatic rings. The van der Waals surface area contributed by atoms with E-state index in [-0.39, 0.29) is 18.9 Å². The lowest BCUT2D eigenvalue weighted by molar-refractivity contribution is -0.402. The van der Waals surface area contributed by atoms with Crippen molar-refractivity contribution >= 4 is 27.6 Å². The van der Waals surface area contributed by atoms with Crippen molar-refractivity contribution in [3.63, 3.8) is 0 Å². The Hall–Kier alpha value is -2.40. The van der Waals surface area contributed by atoms with Crippen LogP contribution in [0.3, 0.4) is 0 Å². The standard InChI is InChI=1S/C14H11NO4/c16-8-7-11-13-10-4-2-1-3-9(10)5-6-12(13)19-14(11)15(17)18/h1-6,16H,7-8H2. The molecule has 0 spiro atoms. The number of hydrogen-bond donors (Lipinski definition) is 1. The summed E-state index contributed by atoms with van der Waals surface area (Å²) in [7, 11) is 0. The average Bonchev–Trinajstić information content (AvgIpc) is 2.79. The van der Waals surface area contributed by atoms with Gasteiger partial charge in [-0.1, -0.05) is 30.3 Å². The van der Waals surface area contributed by atoms with Gasteiger partial charge in [0, 0.05) is 18.4 Å². The van der Waals surface area contributed by atoms with Crippen LogP contribution in [0.5, 0.6) is 0 Å². The number of furan rings is 1. The summed E-state index contributed by atoms with van der Waals surface area (Å²) in [6.45, 7) is -0.154. The zero-order chi connectivity index (χ0) is 13.4. The molecule has 1 heterocycles. The third kappa shape index (κ3) is 1.75. The summed E-state index contributed by atoms with van der Waals surface area (Å²) in [5.74, 6) is -0.277. The van der Waals surface area contributed by atoms with Gasteiger partial charge in [0.25, 0.3) is 0 Å². The van der Waals surface area contributed by atoms with E-state index in [0.29, 0.717) is 11.1 Å². The summed E-state index contributed by atoms with van der Waals surface area (Å²) in [5, 5.41) is 22.8. The minimum absolute atomic E-state index is 0.154. The summed E-state index contributed by atoms with van der Waals surface area (Å²) in [4.78, 5) is 10.5. The minimum atomic E-state index is -0.542. The predicted molar refractivity (Wildman–Crippen MR) is 71.2 cm³/mol. The van der Waals surface area contributed by atoms with Gasteiger partial charge in [-0.3, -0.25) is 10.1 Å². The zero-order valence-corrected chi connectivity index (χ0v) is 10.00. The summed E-state index contributed by atoms with van der Waals surface area (Å²) in [6, 6.07) is 11.2. The molecule has 0 fully saturated rings. The van der Waals surface area contributed by atoms with Crippen LogP contribution >= 0.6 is 0 Å². The number of nitrogens with zero attached hydrogens (tertiary/aromatic N) is 1. The normalized spacial score (nSPS) is 11.2. The average molecular weight is 257 g/mol. The third-order valence-corrected chi connectivity index (χ3v) is 3.18. The van der Waals surface area contributed by atoms with E-state index in [0.717, 1.165) is 16.2 Å². The second-order valence-electron chi connectivity index (χ2n) is 4.28. The van der Waals surface area contributed by atoms with Crippen LogP contribution < -0.4 is 0 Å². The van der Waals surface area contributed by atoms with Crippen LogP contribution in [-0.4, -0.2) is 16.6 Å². The van der Waals surface area contributed by atoms with Gasteiger partial charge < -0.3 is 9.52 Å². The summed E-state index contributed by atoms with van der Waals surface area (Å²) < 4.78 is 5.31. The van der Waals surface area contributed by atoms with Gasteiger partial charge in [0.15, 0.2) is 0 Å². The molecule has 19 heavy (non-hydrogen) atoms. The molecular weight excluding hydrogens is 246 g/mol. The maximum absolute atomic E-state index is 11.0. The Bertz CT molecular complexity index is 776.